The maximum absolute atomic E-state index is 13.2. The average molecular weight is 473 g/mol. The number of rotatable bonds is 4. The van der Waals surface area contributed by atoms with Crippen molar-refractivity contribution in [1.82, 2.24) is 9.88 Å². The fraction of sp³-hybridized carbons (Fsp3) is 0.455. The summed E-state index contributed by atoms with van der Waals surface area (Å²) in [6, 6.07) is 7.00. The van der Waals surface area contributed by atoms with Crippen molar-refractivity contribution in [1.29, 1.82) is 0 Å². The first-order valence-electron chi connectivity index (χ1n) is 10.6. The third kappa shape index (κ3) is 2.68. The molecule has 0 radical (unpaired) electrons. The van der Waals surface area contributed by atoms with Crippen molar-refractivity contribution in [3.05, 3.63) is 44.4 Å². The number of thiazole rings is 1. The molecule has 166 valence electrons. The molecule has 2 saturated carbocycles. The summed E-state index contributed by atoms with van der Waals surface area (Å²) >= 11 is 2.80. The van der Waals surface area contributed by atoms with Crippen LogP contribution in [0.4, 0.5) is 0 Å². The second kappa shape index (κ2) is 6.95. The molecule has 7 atom stereocenters. The van der Waals surface area contributed by atoms with Gasteiger partial charge in [0.2, 0.25) is 11.8 Å². The Bertz CT molecular complexity index is 1200. The number of likely N-dealkylation sites (tertiary alicyclic amines) is 1. The van der Waals surface area contributed by atoms with Gasteiger partial charge in [-0.3, -0.25) is 24.1 Å². The fourth-order valence-electron chi connectivity index (χ4n) is 6.56. The molecule has 1 saturated heterocycles. The van der Waals surface area contributed by atoms with Crippen LogP contribution in [0.2, 0.25) is 0 Å². The number of aromatic hydroxyl groups is 1. The molecule has 3 heterocycles. The summed E-state index contributed by atoms with van der Waals surface area (Å²) in [6.07, 6.45) is 0.540. The number of amides is 2. The maximum Gasteiger partial charge on any atom is 0.305 e. The number of imide groups is 1. The number of phenolic OH excluding ortho intramolecular Hbond substituents is 1. The van der Waals surface area contributed by atoms with Gasteiger partial charge in [-0.05, 0) is 41.9 Å². The number of nitrogens with one attached hydrogen (secondary N) is 1. The highest BCUT2D eigenvalue weighted by molar-refractivity contribution is 8.00. The number of aromatic amines is 1. The zero-order chi connectivity index (χ0) is 22.3. The molecule has 2 bridgehead atoms. The smallest absolute Gasteiger partial charge is 0.305 e. The zero-order valence-electron chi connectivity index (χ0n) is 16.8. The second-order valence-corrected chi connectivity index (χ2v) is 11.2. The van der Waals surface area contributed by atoms with Crippen molar-refractivity contribution in [2.24, 2.45) is 29.6 Å². The third-order valence-corrected chi connectivity index (χ3v) is 10.2. The van der Waals surface area contributed by atoms with E-state index in [4.69, 9.17) is 5.11 Å². The zero-order valence-corrected chi connectivity index (χ0v) is 18.4. The number of carbonyl (C=O) groups excluding carboxylic acids is 2. The highest BCUT2D eigenvalue weighted by Crippen LogP contribution is 2.68. The first-order valence-corrected chi connectivity index (χ1v) is 12.3. The van der Waals surface area contributed by atoms with Crippen LogP contribution in [0.5, 0.6) is 5.75 Å². The number of thioether (sulfide) groups is 1. The predicted octanol–water partition coefficient (Wildman–Crippen LogP) is 2.09. The summed E-state index contributed by atoms with van der Waals surface area (Å²) in [4.78, 5) is 54.5. The van der Waals surface area contributed by atoms with Gasteiger partial charge >= 0.3 is 10.8 Å². The van der Waals surface area contributed by atoms with Crippen molar-refractivity contribution in [3.8, 4) is 5.75 Å². The molecular formula is C22H20N2O6S2. The second-order valence-electron chi connectivity index (χ2n) is 9.02. The molecular weight excluding hydrogens is 452 g/mol. The van der Waals surface area contributed by atoms with Gasteiger partial charge in [0, 0.05) is 22.6 Å². The van der Waals surface area contributed by atoms with E-state index in [1.807, 2.05) is 12.1 Å². The van der Waals surface area contributed by atoms with Gasteiger partial charge in [-0.2, -0.15) is 0 Å². The van der Waals surface area contributed by atoms with E-state index in [1.54, 1.807) is 23.9 Å². The van der Waals surface area contributed by atoms with E-state index in [0.29, 0.717) is 0 Å². The Morgan fingerprint density at radius 3 is 2.47 bits per heavy atom. The van der Waals surface area contributed by atoms with Crippen molar-refractivity contribution < 1.29 is 24.6 Å². The number of carboxylic acid groups (broad SMARTS) is 1. The van der Waals surface area contributed by atoms with Crippen LogP contribution < -0.4 is 4.87 Å². The number of carboxylic acids is 1. The minimum absolute atomic E-state index is 0.00191. The molecule has 0 spiro atoms. The molecule has 3 N–H and O–H groups in total. The fourth-order valence-corrected chi connectivity index (χ4v) is 9.45. The molecule has 4 aliphatic rings. The van der Waals surface area contributed by atoms with Crippen molar-refractivity contribution in [2.75, 3.05) is 6.54 Å². The molecule has 10 heteroatoms. The van der Waals surface area contributed by atoms with Crippen LogP contribution in [0.1, 0.15) is 29.2 Å². The molecule has 0 unspecified atom stereocenters. The lowest BCUT2D eigenvalue weighted by Crippen LogP contribution is -2.42. The first-order chi connectivity index (χ1) is 15.3. The van der Waals surface area contributed by atoms with Crippen LogP contribution >= 0.6 is 23.1 Å². The molecule has 2 aromatic rings. The molecule has 6 rings (SSSR count). The van der Waals surface area contributed by atoms with E-state index in [2.05, 4.69) is 4.98 Å². The lowest BCUT2D eigenvalue weighted by atomic mass is 9.68. The Hall–Kier alpha value is -2.59. The van der Waals surface area contributed by atoms with E-state index in [9.17, 15) is 24.3 Å². The standard InChI is InChI=1S/C22H20N2O6S2/c25-9-3-1-8(2-4-9)13-14-10-7-11(17(14)31-19-18(13)32-22(30)23-19)16-15(10)20(28)24(21(16)29)6-5-12(26)27/h1-4,10-11,13-17,25H,5-7H2,(H,23,30)(H,26,27)/t10-,11-,13-,14+,15-,16+,17-/m1/s1. The first kappa shape index (κ1) is 20.0. The number of H-pyrrole nitrogens is 1. The minimum atomic E-state index is -1.03. The number of aliphatic carboxylic acids is 1. The van der Waals surface area contributed by atoms with Crippen LogP contribution in [0.25, 0.3) is 0 Å². The van der Waals surface area contributed by atoms with Crippen LogP contribution in [0.3, 0.4) is 0 Å². The number of hydrogen-bond donors (Lipinski definition) is 3. The van der Waals surface area contributed by atoms with E-state index < -0.39 is 17.8 Å². The van der Waals surface area contributed by atoms with Gasteiger partial charge in [0.05, 0.1) is 23.3 Å². The number of hydrogen-bond acceptors (Lipinski definition) is 7. The summed E-state index contributed by atoms with van der Waals surface area (Å²) in [6.45, 7) is -0.0794. The Morgan fingerprint density at radius 2 is 1.78 bits per heavy atom. The van der Waals surface area contributed by atoms with Crippen molar-refractivity contribution in [2.45, 2.75) is 29.0 Å². The van der Waals surface area contributed by atoms with Crippen molar-refractivity contribution >= 4 is 40.9 Å². The number of fused-ring (bicyclic) bond motifs is 9. The Kier molecular flexibility index (Phi) is 4.36. The van der Waals surface area contributed by atoms with E-state index in [1.165, 1.54) is 11.3 Å². The summed E-state index contributed by atoms with van der Waals surface area (Å²) in [5.41, 5.74) is 0.984. The SMILES string of the molecule is O=C(O)CCN1C(=O)[C@@H]2[C@@H]3C[C@@H]([C@H]4Sc5[nH]c(=O)sc5[C@H](c5ccc(O)cc5)[C@H]34)[C@@H]2C1=O. The summed E-state index contributed by atoms with van der Waals surface area (Å²) in [5, 5.41) is 19.7. The number of benzene rings is 1. The molecule has 2 aliphatic carbocycles. The lowest BCUT2D eigenvalue weighted by molar-refractivity contribution is -0.142. The van der Waals surface area contributed by atoms with Gasteiger partial charge in [0.25, 0.3) is 0 Å². The molecule has 1 aromatic carbocycles. The van der Waals surface area contributed by atoms with Crippen LogP contribution in [-0.4, -0.2) is 49.7 Å². The molecule has 1 aromatic heterocycles. The molecule has 2 amide bonds. The van der Waals surface area contributed by atoms with Gasteiger partial charge in [0.1, 0.15) is 5.75 Å². The van der Waals surface area contributed by atoms with Gasteiger partial charge in [-0.15, -0.1) is 11.8 Å². The third-order valence-electron chi connectivity index (χ3n) is 7.62. The number of aromatic nitrogens is 1. The Balaban J connectivity index is 1.41. The largest absolute Gasteiger partial charge is 0.508 e. The topological polar surface area (TPSA) is 128 Å². The molecule has 3 fully saturated rings. The highest BCUT2D eigenvalue weighted by atomic mass is 32.2. The summed E-state index contributed by atoms with van der Waals surface area (Å²) < 4.78 is 0. The monoisotopic (exact) mass is 472 g/mol. The van der Waals surface area contributed by atoms with Crippen LogP contribution in [-0.2, 0) is 14.4 Å². The molecule has 8 nitrogen and oxygen atoms in total. The number of phenols is 1. The molecule has 2 aliphatic heterocycles. The van der Waals surface area contributed by atoms with E-state index in [0.717, 1.165) is 26.8 Å². The normalized spacial score (nSPS) is 34.5. The van der Waals surface area contributed by atoms with Crippen LogP contribution in [0.15, 0.2) is 34.1 Å². The average Bonchev–Trinajstić information content (AvgIpc) is 3.47. The lowest BCUT2D eigenvalue weighted by Gasteiger charge is -2.43. The Labute approximate surface area is 190 Å². The van der Waals surface area contributed by atoms with Crippen molar-refractivity contribution in [3.63, 3.8) is 0 Å². The molecule has 32 heavy (non-hydrogen) atoms. The van der Waals surface area contributed by atoms with Gasteiger partial charge in [0.15, 0.2) is 0 Å². The van der Waals surface area contributed by atoms with E-state index >= 15 is 0 Å². The van der Waals surface area contributed by atoms with Gasteiger partial charge < -0.3 is 15.2 Å². The Morgan fingerprint density at radius 1 is 1.09 bits per heavy atom. The number of carbonyl (C=O) groups is 3. The summed E-state index contributed by atoms with van der Waals surface area (Å²) in [5.74, 6) is -2.15. The quantitative estimate of drug-likeness (QED) is 0.582. The minimum Gasteiger partial charge on any atom is -0.508 e. The van der Waals surface area contributed by atoms with Gasteiger partial charge in [-0.25, -0.2) is 0 Å². The maximum atomic E-state index is 13.2. The highest BCUT2D eigenvalue weighted by Gasteiger charge is 2.69. The van der Waals surface area contributed by atoms with Crippen LogP contribution in [0, 0.1) is 29.6 Å². The summed E-state index contributed by atoms with van der Waals surface area (Å²) in [7, 11) is 0. The van der Waals surface area contributed by atoms with E-state index in [-0.39, 0.29) is 64.3 Å². The predicted molar refractivity (Wildman–Crippen MR) is 116 cm³/mol. The number of nitrogens with zero attached hydrogens (tertiary/aromatic N) is 1. The van der Waals surface area contributed by atoms with Gasteiger partial charge in [-0.1, -0.05) is 23.5 Å².